The molecule has 0 aliphatic rings. The van der Waals surface area contributed by atoms with E-state index in [4.69, 9.17) is 14.2 Å². The van der Waals surface area contributed by atoms with Crippen LogP contribution < -0.4 is 30.2 Å². The molecular formula is C29H24F3N7O5S. The maximum Gasteiger partial charge on any atom is 0.416 e. The van der Waals surface area contributed by atoms with Crippen LogP contribution in [0.3, 0.4) is 0 Å². The van der Waals surface area contributed by atoms with Crippen molar-refractivity contribution >= 4 is 41.0 Å². The molecule has 45 heavy (non-hydrogen) atoms. The number of rotatable bonds is 10. The van der Waals surface area contributed by atoms with Crippen molar-refractivity contribution in [1.82, 2.24) is 20.3 Å². The van der Waals surface area contributed by atoms with Gasteiger partial charge in [0.25, 0.3) is 0 Å². The van der Waals surface area contributed by atoms with Gasteiger partial charge in [-0.1, -0.05) is 23.9 Å². The second kappa shape index (κ2) is 14.3. The molecule has 0 saturated carbocycles. The number of urea groups is 1. The molecule has 16 heteroatoms. The molecule has 4 rings (SSSR count). The van der Waals surface area contributed by atoms with Gasteiger partial charge in [0.05, 0.1) is 38.3 Å². The molecule has 4 aromatic rings. The third-order valence-electron chi connectivity index (χ3n) is 5.88. The van der Waals surface area contributed by atoms with E-state index in [0.717, 1.165) is 23.9 Å². The second-order valence-electron chi connectivity index (χ2n) is 8.81. The van der Waals surface area contributed by atoms with Gasteiger partial charge < -0.3 is 19.5 Å². The summed E-state index contributed by atoms with van der Waals surface area (Å²) in [5.74, 6) is -0.183. The number of nitrogens with one attached hydrogen (secondary N) is 3. The Labute approximate surface area is 259 Å². The molecule has 0 atom stereocenters. The normalized spacial score (nSPS) is 10.8. The number of methoxy groups -OCH3 is 3. The molecule has 2 heterocycles. The number of ether oxygens (including phenoxy) is 3. The minimum absolute atomic E-state index is 0.00393. The minimum Gasteiger partial charge on any atom is -0.493 e. The van der Waals surface area contributed by atoms with Crippen molar-refractivity contribution in [3.8, 4) is 34.6 Å². The maximum absolute atomic E-state index is 13.4. The van der Waals surface area contributed by atoms with Crippen molar-refractivity contribution in [1.29, 1.82) is 5.26 Å². The largest absolute Gasteiger partial charge is 0.493 e. The first kappa shape index (κ1) is 32.4. The fourth-order valence-corrected chi connectivity index (χ4v) is 4.56. The van der Waals surface area contributed by atoms with E-state index in [1.54, 1.807) is 12.1 Å². The van der Waals surface area contributed by atoms with Gasteiger partial charge in [0.2, 0.25) is 11.7 Å². The Bertz CT molecular complexity index is 1730. The number of amides is 3. The van der Waals surface area contributed by atoms with E-state index in [2.05, 4.69) is 30.9 Å². The molecule has 0 saturated heterocycles. The number of thioether (sulfide) groups is 1. The van der Waals surface area contributed by atoms with Gasteiger partial charge in [0.15, 0.2) is 22.5 Å². The number of nitrogens with zero attached hydrogens (tertiary/aromatic N) is 4. The van der Waals surface area contributed by atoms with Gasteiger partial charge >= 0.3 is 12.2 Å². The number of halogens is 3. The molecule has 232 valence electrons. The molecule has 0 aliphatic heterocycles. The summed E-state index contributed by atoms with van der Waals surface area (Å²) in [4.78, 5) is 37.5. The Balaban J connectivity index is 1.71. The molecule has 0 radical (unpaired) electrons. The maximum atomic E-state index is 13.4. The first-order valence-electron chi connectivity index (χ1n) is 12.8. The highest BCUT2D eigenvalue weighted by Crippen LogP contribution is 2.42. The fraction of sp³-hybridized carbons (Fsp3) is 0.172. The number of hydrogen-bond donors (Lipinski definition) is 3. The number of pyridine rings is 1. The average molecular weight is 640 g/mol. The molecule has 0 bridgehead atoms. The predicted octanol–water partition coefficient (Wildman–Crippen LogP) is 5.64. The van der Waals surface area contributed by atoms with E-state index in [1.807, 2.05) is 6.07 Å². The quantitative estimate of drug-likeness (QED) is 0.146. The number of imide groups is 1. The second-order valence-corrected chi connectivity index (χ2v) is 9.76. The minimum atomic E-state index is -4.61. The van der Waals surface area contributed by atoms with E-state index in [-0.39, 0.29) is 56.7 Å². The van der Waals surface area contributed by atoms with Crippen molar-refractivity contribution in [3.63, 3.8) is 0 Å². The van der Waals surface area contributed by atoms with Gasteiger partial charge in [-0.15, -0.1) is 0 Å². The first-order chi connectivity index (χ1) is 21.6. The molecule has 0 aliphatic carbocycles. The third kappa shape index (κ3) is 8.09. The molecule has 3 N–H and O–H groups in total. The number of aromatic nitrogens is 3. The highest BCUT2D eigenvalue weighted by Gasteiger charge is 2.30. The predicted molar refractivity (Wildman–Crippen MR) is 159 cm³/mol. The lowest BCUT2D eigenvalue weighted by molar-refractivity contribution is -0.137. The number of anilines is 3. The monoisotopic (exact) mass is 639 g/mol. The number of hydrogen-bond acceptors (Lipinski definition) is 11. The smallest absolute Gasteiger partial charge is 0.416 e. The Hall–Kier alpha value is -5.56. The van der Waals surface area contributed by atoms with Crippen LogP contribution in [0.25, 0.3) is 11.3 Å². The van der Waals surface area contributed by atoms with Gasteiger partial charge in [-0.05, 0) is 42.5 Å². The number of benzene rings is 2. The lowest BCUT2D eigenvalue weighted by Crippen LogP contribution is -2.35. The lowest BCUT2D eigenvalue weighted by Gasteiger charge is -2.16. The summed E-state index contributed by atoms with van der Waals surface area (Å²) < 4.78 is 56.4. The Kier molecular flexibility index (Phi) is 10.3. The summed E-state index contributed by atoms with van der Waals surface area (Å²) in [6.45, 7) is 0. The first-order valence-corrected chi connectivity index (χ1v) is 13.8. The van der Waals surface area contributed by atoms with Crippen LogP contribution in [0.2, 0.25) is 0 Å². The van der Waals surface area contributed by atoms with Gasteiger partial charge in [-0.3, -0.25) is 15.4 Å². The average Bonchev–Trinajstić information content (AvgIpc) is 3.02. The van der Waals surface area contributed by atoms with Crippen LogP contribution in [0.1, 0.15) is 11.1 Å². The van der Waals surface area contributed by atoms with E-state index >= 15 is 0 Å². The molecule has 0 fully saturated rings. The highest BCUT2D eigenvalue weighted by molar-refractivity contribution is 7.99. The Morgan fingerprint density at radius 1 is 0.978 bits per heavy atom. The molecule has 3 amide bonds. The summed E-state index contributed by atoms with van der Waals surface area (Å²) in [5, 5.41) is 17.5. The summed E-state index contributed by atoms with van der Waals surface area (Å²) in [6.07, 6.45) is -3.15. The van der Waals surface area contributed by atoms with Crippen LogP contribution in [-0.2, 0) is 11.0 Å². The SMILES string of the molecule is COc1cc(-c2nc(SCC(=O)NC(=O)Nc3ccccn3)nc(Nc3cccc(C(F)(F)F)c3)c2C#N)cc(OC)c1OC. The number of nitriles is 1. The van der Waals surface area contributed by atoms with Gasteiger partial charge in [-0.2, -0.15) is 18.4 Å². The Morgan fingerprint density at radius 3 is 2.31 bits per heavy atom. The Morgan fingerprint density at radius 2 is 1.71 bits per heavy atom. The fourth-order valence-electron chi connectivity index (χ4n) is 3.91. The van der Waals surface area contributed by atoms with Crippen LogP contribution in [0.5, 0.6) is 17.2 Å². The molecule has 2 aromatic heterocycles. The lowest BCUT2D eigenvalue weighted by atomic mass is 10.1. The summed E-state index contributed by atoms with van der Waals surface area (Å²) in [6, 6.07) is 13.4. The zero-order valence-electron chi connectivity index (χ0n) is 23.9. The van der Waals surface area contributed by atoms with Crippen molar-refractivity contribution < 1.29 is 37.0 Å². The molecule has 0 unspecified atom stereocenters. The van der Waals surface area contributed by atoms with Crippen molar-refractivity contribution in [2.24, 2.45) is 0 Å². The highest BCUT2D eigenvalue weighted by atomic mass is 32.2. The molecule has 12 nitrogen and oxygen atoms in total. The number of carbonyl (C=O) groups excluding carboxylic acids is 2. The van der Waals surface area contributed by atoms with Crippen molar-refractivity contribution in [2.75, 3.05) is 37.7 Å². The number of alkyl halides is 3. The molecule has 2 aromatic carbocycles. The van der Waals surface area contributed by atoms with Crippen molar-refractivity contribution in [3.05, 3.63) is 71.9 Å². The van der Waals surface area contributed by atoms with Crippen LogP contribution >= 0.6 is 11.8 Å². The van der Waals surface area contributed by atoms with Crippen LogP contribution in [-0.4, -0.2) is 54.0 Å². The summed E-state index contributed by atoms with van der Waals surface area (Å²) in [5.41, 5.74) is -0.672. The van der Waals surface area contributed by atoms with Crippen LogP contribution in [0.15, 0.2) is 66.0 Å². The third-order valence-corrected chi connectivity index (χ3v) is 6.73. The van der Waals surface area contributed by atoms with Gasteiger partial charge in [-0.25, -0.2) is 19.7 Å². The van der Waals surface area contributed by atoms with E-state index in [9.17, 15) is 28.0 Å². The molecule has 0 spiro atoms. The van der Waals surface area contributed by atoms with E-state index in [0.29, 0.717) is 5.56 Å². The van der Waals surface area contributed by atoms with Gasteiger partial charge in [0, 0.05) is 17.4 Å². The zero-order chi connectivity index (χ0) is 32.6. The van der Waals surface area contributed by atoms with E-state index < -0.39 is 23.7 Å². The summed E-state index contributed by atoms with van der Waals surface area (Å²) >= 11 is 0.818. The summed E-state index contributed by atoms with van der Waals surface area (Å²) in [7, 11) is 4.21. The van der Waals surface area contributed by atoms with Crippen LogP contribution in [0, 0.1) is 11.3 Å². The molecular weight excluding hydrogens is 615 g/mol. The number of carbonyl (C=O) groups is 2. The standard InChI is InChI=1S/C29H24F3N7O5S/c1-42-20-11-16(12-21(43-2)25(20)44-3)24-19(14-33)26(35-18-8-6-7-17(13-18)29(30,31)32)39-28(38-24)45-15-23(40)37-27(41)36-22-9-4-5-10-34-22/h4-13H,15H2,1-3H3,(H,35,38,39)(H2,34,36,37,40,41). The van der Waals surface area contributed by atoms with Gasteiger partial charge in [0.1, 0.15) is 17.5 Å². The van der Waals surface area contributed by atoms with Crippen molar-refractivity contribution in [2.45, 2.75) is 11.3 Å². The topological polar surface area (TPSA) is 160 Å². The van der Waals surface area contributed by atoms with Crippen LogP contribution in [0.4, 0.5) is 35.3 Å². The van der Waals surface area contributed by atoms with E-state index in [1.165, 1.54) is 57.9 Å². The zero-order valence-corrected chi connectivity index (χ0v) is 24.7.